The number of amides is 1. The van der Waals surface area contributed by atoms with Crippen molar-refractivity contribution in [3.63, 3.8) is 0 Å². The van der Waals surface area contributed by atoms with Gasteiger partial charge in [0.05, 0.1) is 4.92 Å². The molecule has 25 heavy (non-hydrogen) atoms. The SMILES string of the molecule is CC(C)(C)OC(=O)N1CCC(=Cc2cc(F)c(O)c([N+](=O)[O-])c2)CC1. The first-order chi connectivity index (χ1) is 11.6. The number of carbonyl (C=O) groups is 1. The lowest BCUT2D eigenvalue weighted by Gasteiger charge is -2.31. The van der Waals surface area contributed by atoms with Gasteiger partial charge in [-0.1, -0.05) is 11.6 Å². The second-order valence-electron chi connectivity index (χ2n) is 6.90. The Hall–Kier alpha value is -2.64. The summed E-state index contributed by atoms with van der Waals surface area (Å²) in [5, 5.41) is 20.2. The second kappa shape index (κ2) is 7.08. The molecule has 7 nitrogen and oxygen atoms in total. The summed E-state index contributed by atoms with van der Waals surface area (Å²) in [6.07, 6.45) is 2.41. The zero-order valence-corrected chi connectivity index (χ0v) is 14.4. The van der Waals surface area contributed by atoms with Gasteiger partial charge in [0.25, 0.3) is 0 Å². The molecule has 0 spiro atoms. The second-order valence-corrected chi connectivity index (χ2v) is 6.90. The molecule has 1 heterocycles. The Balaban J connectivity index is 2.08. The maximum Gasteiger partial charge on any atom is 0.410 e. The van der Waals surface area contributed by atoms with E-state index in [1.54, 1.807) is 31.7 Å². The van der Waals surface area contributed by atoms with Gasteiger partial charge in [-0.2, -0.15) is 0 Å². The minimum absolute atomic E-state index is 0.308. The van der Waals surface area contributed by atoms with Crippen LogP contribution in [0.1, 0.15) is 39.2 Å². The molecule has 8 heteroatoms. The van der Waals surface area contributed by atoms with Gasteiger partial charge in [0.1, 0.15) is 5.60 Å². The third-order valence-electron chi connectivity index (χ3n) is 3.69. The number of nitro benzene ring substituents is 1. The number of phenolic OH excluding ortho intramolecular Hbond substituents is 1. The van der Waals surface area contributed by atoms with Crippen LogP contribution in [-0.4, -0.2) is 39.7 Å². The molecule has 1 fully saturated rings. The summed E-state index contributed by atoms with van der Waals surface area (Å²) in [6, 6.07) is 2.18. The lowest BCUT2D eigenvalue weighted by molar-refractivity contribution is -0.386. The highest BCUT2D eigenvalue weighted by atomic mass is 19.1. The summed E-state index contributed by atoms with van der Waals surface area (Å²) < 4.78 is 18.9. The van der Waals surface area contributed by atoms with E-state index < -0.39 is 27.8 Å². The van der Waals surface area contributed by atoms with Gasteiger partial charge in [-0.05, 0) is 45.2 Å². The Morgan fingerprint density at radius 1 is 1.36 bits per heavy atom. The summed E-state index contributed by atoms with van der Waals surface area (Å²) in [4.78, 5) is 23.6. The maximum absolute atomic E-state index is 13.6. The predicted molar refractivity (Wildman–Crippen MR) is 89.7 cm³/mol. The van der Waals surface area contributed by atoms with E-state index in [0.29, 0.717) is 31.5 Å². The number of rotatable bonds is 2. The molecule has 0 saturated carbocycles. The zero-order chi connectivity index (χ0) is 18.8. The van der Waals surface area contributed by atoms with Crippen LogP contribution in [0.2, 0.25) is 0 Å². The van der Waals surface area contributed by atoms with Crippen LogP contribution in [0.15, 0.2) is 17.7 Å². The van der Waals surface area contributed by atoms with Crippen molar-refractivity contribution < 1.29 is 24.0 Å². The van der Waals surface area contributed by atoms with E-state index in [4.69, 9.17) is 4.74 Å². The van der Waals surface area contributed by atoms with Gasteiger partial charge in [0.15, 0.2) is 5.82 Å². The number of phenols is 1. The minimum Gasteiger partial charge on any atom is -0.500 e. The van der Waals surface area contributed by atoms with Crippen LogP contribution in [0.4, 0.5) is 14.9 Å². The van der Waals surface area contributed by atoms with Crippen molar-refractivity contribution >= 4 is 17.9 Å². The Morgan fingerprint density at radius 3 is 2.48 bits per heavy atom. The van der Waals surface area contributed by atoms with Crippen LogP contribution >= 0.6 is 0 Å². The molecule has 1 saturated heterocycles. The molecule has 0 aromatic heterocycles. The van der Waals surface area contributed by atoms with Gasteiger partial charge in [-0.3, -0.25) is 10.1 Å². The monoisotopic (exact) mass is 352 g/mol. The number of piperidine rings is 1. The number of halogens is 1. The quantitative estimate of drug-likeness (QED) is 0.644. The molecule has 1 aromatic carbocycles. The van der Waals surface area contributed by atoms with Crippen LogP contribution < -0.4 is 0 Å². The largest absolute Gasteiger partial charge is 0.500 e. The molecule has 1 amide bonds. The van der Waals surface area contributed by atoms with E-state index >= 15 is 0 Å². The minimum atomic E-state index is -1.03. The summed E-state index contributed by atoms with van der Waals surface area (Å²) in [5.41, 5.74) is 0.0235. The van der Waals surface area contributed by atoms with Gasteiger partial charge in [0.2, 0.25) is 5.75 Å². The van der Waals surface area contributed by atoms with Crippen molar-refractivity contribution in [2.45, 2.75) is 39.2 Å². The number of benzene rings is 1. The summed E-state index contributed by atoms with van der Waals surface area (Å²) in [7, 11) is 0. The average Bonchev–Trinajstić information content (AvgIpc) is 2.49. The molecular formula is C17H21FN2O5. The molecule has 2 rings (SSSR count). The summed E-state index contributed by atoms with van der Waals surface area (Å²) >= 11 is 0. The Kier molecular flexibility index (Phi) is 5.30. The van der Waals surface area contributed by atoms with Crippen molar-refractivity contribution in [2.24, 2.45) is 0 Å². The normalized spacial score (nSPS) is 15.0. The Bertz CT molecular complexity index is 714. The molecule has 0 atom stereocenters. The van der Waals surface area contributed by atoms with E-state index in [1.165, 1.54) is 0 Å². The standard InChI is InChI=1S/C17H21FN2O5/c1-17(2,3)25-16(22)19-6-4-11(5-7-19)8-12-9-13(18)15(21)14(10-12)20(23)24/h8-10,21H,4-7H2,1-3H3. The van der Waals surface area contributed by atoms with Crippen molar-refractivity contribution in [3.05, 3.63) is 39.2 Å². The molecule has 0 unspecified atom stereocenters. The Labute approximate surface area is 144 Å². The number of carbonyl (C=O) groups excluding carboxylic acids is 1. The molecule has 1 aliphatic rings. The summed E-state index contributed by atoms with van der Waals surface area (Å²) in [5.74, 6) is -2.00. The number of hydrogen-bond acceptors (Lipinski definition) is 5. The Morgan fingerprint density at radius 2 is 1.96 bits per heavy atom. The number of likely N-dealkylation sites (tertiary alicyclic amines) is 1. The number of nitro groups is 1. The van der Waals surface area contributed by atoms with Crippen LogP contribution in [0, 0.1) is 15.9 Å². The van der Waals surface area contributed by atoms with E-state index in [2.05, 4.69) is 0 Å². The van der Waals surface area contributed by atoms with Gasteiger partial charge >= 0.3 is 11.8 Å². The molecular weight excluding hydrogens is 331 g/mol. The van der Waals surface area contributed by atoms with Gasteiger partial charge < -0.3 is 14.7 Å². The summed E-state index contributed by atoms with van der Waals surface area (Å²) in [6.45, 7) is 6.32. The van der Waals surface area contributed by atoms with E-state index in [9.17, 15) is 24.4 Å². The van der Waals surface area contributed by atoms with Crippen LogP contribution in [0.3, 0.4) is 0 Å². The molecule has 1 aromatic rings. The molecule has 1 aliphatic heterocycles. The maximum atomic E-state index is 13.6. The van der Waals surface area contributed by atoms with Gasteiger partial charge in [0, 0.05) is 19.2 Å². The lowest BCUT2D eigenvalue weighted by Crippen LogP contribution is -2.40. The van der Waals surface area contributed by atoms with E-state index in [1.807, 2.05) is 0 Å². The van der Waals surface area contributed by atoms with Crippen molar-refractivity contribution in [2.75, 3.05) is 13.1 Å². The number of hydrogen-bond donors (Lipinski definition) is 1. The third-order valence-corrected chi connectivity index (χ3v) is 3.69. The van der Waals surface area contributed by atoms with E-state index in [0.717, 1.165) is 17.7 Å². The van der Waals surface area contributed by atoms with Crippen LogP contribution in [0.25, 0.3) is 6.08 Å². The van der Waals surface area contributed by atoms with Crippen LogP contribution in [0.5, 0.6) is 5.75 Å². The number of ether oxygens (including phenoxy) is 1. The topological polar surface area (TPSA) is 92.9 Å². The average molecular weight is 352 g/mol. The molecule has 0 radical (unpaired) electrons. The van der Waals surface area contributed by atoms with Crippen molar-refractivity contribution in [1.29, 1.82) is 0 Å². The molecule has 1 N–H and O–H groups in total. The predicted octanol–water partition coefficient (Wildman–Crippen LogP) is 3.85. The molecule has 0 aliphatic carbocycles. The smallest absolute Gasteiger partial charge is 0.410 e. The van der Waals surface area contributed by atoms with Crippen molar-refractivity contribution in [3.8, 4) is 5.75 Å². The zero-order valence-electron chi connectivity index (χ0n) is 14.4. The molecule has 0 bridgehead atoms. The van der Waals surface area contributed by atoms with Gasteiger partial charge in [-0.15, -0.1) is 0 Å². The fourth-order valence-electron chi connectivity index (χ4n) is 2.51. The lowest BCUT2D eigenvalue weighted by atomic mass is 10.0. The first-order valence-electron chi connectivity index (χ1n) is 7.91. The highest BCUT2D eigenvalue weighted by Gasteiger charge is 2.25. The highest BCUT2D eigenvalue weighted by Crippen LogP contribution is 2.31. The first kappa shape index (κ1) is 18.7. The number of nitrogens with zero attached hydrogens (tertiary/aromatic N) is 2. The fourth-order valence-corrected chi connectivity index (χ4v) is 2.51. The third kappa shape index (κ3) is 4.91. The fraction of sp³-hybridized carbons (Fsp3) is 0.471. The van der Waals surface area contributed by atoms with Crippen LogP contribution in [-0.2, 0) is 4.74 Å². The van der Waals surface area contributed by atoms with E-state index in [-0.39, 0.29) is 6.09 Å². The number of aromatic hydroxyl groups is 1. The van der Waals surface area contributed by atoms with Gasteiger partial charge in [-0.25, -0.2) is 9.18 Å². The van der Waals surface area contributed by atoms with Crippen molar-refractivity contribution in [1.82, 2.24) is 4.90 Å². The highest BCUT2D eigenvalue weighted by molar-refractivity contribution is 5.69. The molecule has 136 valence electrons. The first-order valence-corrected chi connectivity index (χ1v) is 7.91.